The molecule has 3 rings (SSSR count). The summed E-state index contributed by atoms with van der Waals surface area (Å²) in [6.45, 7) is 1.95. The van der Waals surface area contributed by atoms with Crippen LogP contribution in [0.15, 0.2) is 59.1 Å². The molecule has 0 unspecified atom stereocenters. The Kier molecular flexibility index (Phi) is 6.31. The predicted molar refractivity (Wildman–Crippen MR) is 116 cm³/mol. The number of nitrogens with one attached hydrogen (secondary N) is 2. The van der Waals surface area contributed by atoms with Crippen molar-refractivity contribution in [2.75, 3.05) is 17.7 Å². The molecule has 2 N–H and O–H groups in total. The molecule has 0 bridgehead atoms. The summed E-state index contributed by atoms with van der Waals surface area (Å²) >= 11 is 3.55. The molecule has 0 fully saturated rings. The lowest BCUT2D eigenvalue weighted by molar-refractivity contribution is -0.116. The highest BCUT2D eigenvalue weighted by atomic mass is 79.9. The molecule has 0 heterocycles. The zero-order valence-corrected chi connectivity index (χ0v) is 17.3. The van der Waals surface area contributed by atoms with Gasteiger partial charge in [0.05, 0.1) is 17.1 Å². The summed E-state index contributed by atoms with van der Waals surface area (Å²) in [6.07, 6.45) is 1.23. The lowest BCUT2D eigenvalue weighted by Crippen LogP contribution is -2.14. The van der Waals surface area contributed by atoms with E-state index in [2.05, 4.69) is 26.6 Å². The minimum atomic E-state index is -0.291. The van der Waals surface area contributed by atoms with Crippen LogP contribution in [-0.2, 0) is 4.79 Å². The van der Waals surface area contributed by atoms with Crippen LogP contribution in [0.4, 0.5) is 11.4 Å². The maximum Gasteiger partial charge on any atom is 0.259 e. The number of carbonyl (C=O) groups excluding carboxylic acids is 2. The summed E-state index contributed by atoms with van der Waals surface area (Å²) < 4.78 is 6.22. The fourth-order valence-corrected chi connectivity index (χ4v) is 3.71. The minimum Gasteiger partial charge on any atom is -0.495 e. The van der Waals surface area contributed by atoms with Gasteiger partial charge in [-0.15, -0.1) is 0 Å². The molecule has 0 radical (unpaired) electrons. The molecule has 0 aromatic heterocycles. The lowest BCUT2D eigenvalue weighted by atomic mass is 10.0. The molecule has 0 atom stereocenters. The van der Waals surface area contributed by atoms with Crippen LogP contribution < -0.4 is 15.4 Å². The first-order valence-electron chi connectivity index (χ1n) is 9.00. The van der Waals surface area contributed by atoms with Crippen molar-refractivity contribution < 1.29 is 14.3 Å². The van der Waals surface area contributed by atoms with E-state index in [0.717, 1.165) is 21.7 Å². The van der Waals surface area contributed by atoms with E-state index < -0.39 is 0 Å². The number of halogens is 1. The molecular formula is C22H21BrN2O3. The van der Waals surface area contributed by atoms with Gasteiger partial charge in [-0.1, -0.05) is 37.3 Å². The molecule has 0 saturated carbocycles. The third-order valence-electron chi connectivity index (χ3n) is 4.27. The second-order valence-electron chi connectivity index (χ2n) is 6.33. The fraction of sp³-hybridized carbons (Fsp3) is 0.182. The van der Waals surface area contributed by atoms with Crippen molar-refractivity contribution in [2.24, 2.45) is 0 Å². The van der Waals surface area contributed by atoms with Gasteiger partial charge < -0.3 is 15.4 Å². The van der Waals surface area contributed by atoms with Gasteiger partial charge in [0.15, 0.2) is 0 Å². The van der Waals surface area contributed by atoms with E-state index >= 15 is 0 Å². The second-order valence-corrected chi connectivity index (χ2v) is 7.12. The Labute approximate surface area is 172 Å². The van der Waals surface area contributed by atoms with E-state index in [1.54, 1.807) is 30.3 Å². The number of amides is 2. The normalized spacial score (nSPS) is 10.5. The summed E-state index contributed by atoms with van der Waals surface area (Å²) in [7, 11) is 1.54. The maximum atomic E-state index is 12.9. The van der Waals surface area contributed by atoms with Gasteiger partial charge in [0.25, 0.3) is 5.91 Å². The van der Waals surface area contributed by atoms with E-state index in [0.29, 0.717) is 29.1 Å². The van der Waals surface area contributed by atoms with Crippen LogP contribution in [0.25, 0.3) is 10.8 Å². The van der Waals surface area contributed by atoms with Crippen molar-refractivity contribution in [1.29, 1.82) is 0 Å². The van der Waals surface area contributed by atoms with Crippen LogP contribution in [-0.4, -0.2) is 18.9 Å². The highest BCUT2D eigenvalue weighted by molar-refractivity contribution is 9.10. The number of carbonyl (C=O) groups is 2. The highest BCUT2D eigenvalue weighted by Gasteiger charge is 2.18. The molecule has 6 heteroatoms. The van der Waals surface area contributed by atoms with E-state index in [9.17, 15) is 9.59 Å². The van der Waals surface area contributed by atoms with Crippen molar-refractivity contribution in [3.8, 4) is 5.75 Å². The molecule has 0 saturated heterocycles. The maximum absolute atomic E-state index is 12.9. The van der Waals surface area contributed by atoms with Gasteiger partial charge in [0.2, 0.25) is 5.91 Å². The van der Waals surface area contributed by atoms with Gasteiger partial charge in [0.1, 0.15) is 5.75 Å². The van der Waals surface area contributed by atoms with Crippen molar-refractivity contribution >= 4 is 49.9 Å². The Morgan fingerprint density at radius 2 is 1.71 bits per heavy atom. The first kappa shape index (κ1) is 19.9. The second kappa shape index (κ2) is 8.89. The molecule has 0 spiro atoms. The molecule has 3 aromatic rings. The summed E-state index contributed by atoms with van der Waals surface area (Å²) in [4.78, 5) is 24.7. The smallest absolute Gasteiger partial charge is 0.259 e. The summed E-state index contributed by atoms with van der Waals surface area (Å²) in [5.41, 5.74) is 1.65. The SMILES string of the molecule is CCCC(=O)Nc1cccc(NC(=O)c2cc3ccccc3c(Br)c2OC)c1. The molecule has 28 heavy (non-hydrogen) atoms. The third-order valence-corrected chi connectivity index (χ3v) is 5.06. The largest absolute Gasteiger partial charge is 0.495 e. The molecule has 0 aliphatic carbocycles. The Hall–Kier alpha value is -2.86. The number of methoxy groups -OCH3 is 1. The van der Waals surface area contributed by atoms with E-state index in [1.165, 1.54) is 7.11 Å². The van der Waals surface area contributed by atoms with Crippen LogP contribution in [0.2, 0.25) is 0 Å². The number of hydrogen-bond donors (Lipinski definition) is 2. The quantitative estimate of drug-likeness (QED) is 0.523. The molecule has 2 amide bonds. The van der Waals surface area contributed by atoms with Gasteiger partial charge in [0, 0.05) is 17.8 Å². The Morgan fingerprint density at radius 1 is 1.00 bits per heavy atom. The van der Waals surface area contributed by atoms with Gasteiger partial charge in [-0.25, -0.2) is 0 Å². The van der Waals surface area contributed by atoms with Crippen LogP contribution in [0.3, 0.4) is 0 Å². The fourth-order valence-electron chi connectivity index (χ4n) is 2.98. The van der Waals surface area contributed by atoms with Crippen molar-refractivity contribution in [3.05, 3.63) is 64.6 Å². The monoisotopic (exact) mass is 440 g/mol. The van der Waals surface area contributed by atoms with Gasteiger partial charge >= 0.3 is 0 Å². The molecule has 144 valence electrons. The Morgan fingerprint density at radius 3 is 2.43 bits per heavy atom. The minimum absolute atomic E-state index is 0.0499. The number of fused-ring (bicyclic) bond motifs is 1. The number of benzene rings is 3. The van der Waals surface area contributed by atoms with Crippen molar-refractivity contribution in [3.63, 3.8) is 0 Å². The third kappa shape index (κ3) is 4.34. The number of rotatable bonds is 6. The molecule has 5 nitrogen and oxygen atoms in total. The average Bonchev–Trinajstić information content (AvgIpc) is 2.68. The number of ether oxygens (including phenoxy) is 1. The van der Waals surface area contributed by atoms with E-state index in [1.807, 2.05) is 31.2 Å². The summed E-state index contributed by atoms with van der Waals surface area (Å²) in [5, 5.41) is 7.61. The number of anilines is 2. The Bertz CT molecular complexity index is 1030. The molecular weight excluding hydrogens is 420 g/mol. The van der Waals surface area contributed by atoms with Crippen LogP contribution in [0, 0.1) is 0 Å². The van der Waals surface area contributed by atoms with Crippen molar-refractivity contribution in [1.82, 2.24) is 0 Å². The highest BCUT2D eigenvalue weighted by Crippen LogP contribution is 2.37. The molecule has 3 aromatic carbocycles. The summed E-state index contributed by atoms with van der Waals surface area (Å²) in [6, 6.07) is 16.6. The predicted octanol–water partition coefficient (Wildman–Crippen LogP) is 5.60. The average molecular weight is 441 g/mol. The zero-order valence-electron chi connectivity index (χ0n) is 15.7. The topological polar surface area (TPSA) is 67.4 Å². The van der Waals surface area contributed by atoms with E-state index in [-0.39, 0.29) is 11.8 Å². The first-order valence-corrected chi connectivity index (χ1v) is 9.79. The van der Waals surface area contributed by atoms with Crippen LogP contribution >= 0.6 is 15.9 Å². The first-order chi connectivity index (χ1) is 13.5. The van der Waals surface area contributed by atoms with Crippen LogP contribution in [0.1, 0.15) is 30.1 Å². The van der Waals surface area contributed by atoms with Gasteiger partial charge in [-0.05, 0) is 57.4 Å². The lowest BCUT2D eigenvalue weighted by Gasteiger charge is -2.14. The van der Waals surface area contributed by atoms with Crippen molar-refractivity contribution in [2.45, 2.75) is 19.8 Å². The summed E-state index contributed by atoms with van der Waals surface area (Å²) in [5.74, 6) is 0.134. The standard InChI is InChI=1S/C22H21BrN2O3/c1-3-7-19(26)24-15-9-6-10-16(13-15)25-22(27)18-12-14-8-4-5-11-17(14)20(23)21(18)28-2/h4-6,8-13H,3,7H2,1-2H3,(H,24,26)(H,25,27). The van der Waals surface area contributed by atoms with Gasteiger partial charge in [-0.3, -0.25) is 9.59 Å². The van der Waals surface area contributed by atoms with E-state index in [4.69, 9.17) is 4.74 Å². The number of hydrogen-bond acceptors (Lipinski definition) is 3. The van der Waals surface area contributed by atoms with Gasteiger partial charge in [-0.2, -0.15) is 0 Å². The molecule has 0 aliphatic rings. The van der Waals surface area contributed by atoms with Crippen LogP contribution in [0.5, 0.6) is 5.75 Å². The zero-order chi connectivity index (χ0) is 20.1. The molecule has 0 aliphatic heterocycles. The Balaban J connectivity index is 1.88.